The van der Waals surface area contributed by atoms with Crippen LogP contribution in [0.5, 0.6) is 0 Å². The van der Waals surface area contributed by atoms with Crippen molar-refractivity contribution < 1.29 is 21.5 Å². The van der Waals surface area contributed by atoms with E-state index in [1.165, 1.54) is 102 Å². The van der Waals surface area contributed by atoms with E-state index in [0.29, 0.717) is 6.04 Å². The fourth-order valence-electron chi connectivity index (χ4n) is 3.99. The fourth-order valence-corrected chi connectivity index (χ4v) is 3.99. The van der Waals surface area contributed by atoms with Crippen LogP contribution in [-0.2, 0) is 6.42 Å². The molecule has 1 atom stereocenters. The van der Waals surface area contributed by atoms with Crippen molar-refractivity contribution in [3.05, 3.63) is 30.1 Å². The number of hydrogen-bond donors (Lipinski definition) is 0. The van der Waals surface area contributed by atoms with Gasteiger partial charge >= 0.3 is 0 Å². The number of aromatic nitrogens is 1. The van der Waals surface area contributed by atoms with E-state index in [2.05, 4.69) is 49.7 Å². The molecule has 0 aliphatic carbocycles. The molecule has 1 nitrogen and oxygen atoms in total. The largest absolute Gasteiger partial charge is 1.00 e. The summed E-state index contributed by atoms with van der Waals surface area (Å²) in [4.78, 5) is 0. The quantitative estimate of drug-likeness (QED) is 0.238. The molecular formula is C25H46BrN. The zero-order valence-electron chi connectivity index (χ0n) is 18.5. The molecule has 1 aromatic rings. The Morgan fingerprint density at radius 1 is 0.704 bits per heavy atom. The van der Waals surface area contributed by atoms with E-state index in [1.807, 2.05) is 0 Å². The van der Waals surface area contributed by atoms with E-state index in [4.69, 9.17) is 0 Å². The summed E-state index contributed by atoms with van der Waals surface area (Å²) >= 11 is 0. The second-order valence-corrected chi connectivity index (χ2v) is 8.19. The summed E-state index contributed by atoms with van der Waals surface area (Å²) in [5.41, 5.74) is 1.46. The van der Waals surface area contributed by atoms with Crippen molar-refractivity contribution in [2.45, 2.75) is 130 Å². The Kier molecular flexibility index (Phi) is 18.7. The predicted octanol–water partition coefficient (Wildman–Crippen LogP) is 4.97. The second kappa shape index (κ2) is 19.0. The first kappa shape index (κ1) is 26.6. The minimum absolute atomic E-state index is 0. The third kappa shape index (κ3) is 13.4. The maximum Gasteiger partial charge on any atom is 0.181 e. The summed E-state index contributed by atoms with van der Waals surface area (Å²) in [5, 5.41) is 0. The molecule has 27 heavy (non-hydrogen) atoms. The van der Waals surface area contributed by atoms with E-state index in [1.54, 1.807) is 0 Å². The molecule has 158 valence electrons. The molecule has 0 aliphatic rings. The zero-order chi connectivity index (χ0) is 18.9. The van der Waals surface area contributed by atoms with Crippen molar-refractivity contribution in [1.29, 1.82) is 0 Å². The van der Waals surface area contributed by atoms with Crippen molar-refractivity contribution in [2.24, 2.45) is 0 Å². The molecule has 2 heteroatoms. The van der Waals surface area contributed by atoms with Gasteiger partial charge in [-0.25, -0.2) is 4.57 Å². The summed E-state index contributed by atoms with van der Waals surface area (Å²) in [7, 11) is 0. The van der Waals surface area contributed by atoms with Gasteiger partial charge in [0.25, 0.3) is 0 Å². The van der Waals surface area contributed by atoms with Crippen LogP contribution in [-0.4, -0.2) is 0 Å². The minimum Gasteiger partial charge on any atom is -1.00 e. The molecule has 1 heterocycles. The standard InChI is InChI=1S/C25H46N.BrH/c1-4-6-7-8-9-10-11-12-13-14-15-16-17-18-21-24(3)26-23-20-19-22-25(26)5-2;/h19-20,22-24H,4-18,21H2,1-3H3;1H/q+1;/p-1. The van der Waals surface area contributed by atoms with Crippen LogP contribution in [0.1, 0.15) is 129 Å². The minimum atomic E-state index is 0. The molecule has 0 saturated heterocycles. The maximum absolute atomic E-state index is 2.47. The topological polar surface area (TPSA) is 3.88 Å². The Labute approximate surface area is 181 Å². The van der Waals surface area contributed by atoms with Gasteiger partial charge in [-0.2, -0.15) is 0 Å². The number of aryl methyl sites for hydroxylation is 1. The molecule has 0 bridgehead atoms. The highest BCUT2D eigenvalue weighted by molar-refractivity contribution is 4.96. The van der Waals surface area contributed by atoms with E-state index in [9.17, 15) is 0 Å². The molecule has 0 amide bonds. The van der Waals surface area contributed by atoms with Gasteiger partial charge in [0.1, 0.15) is 0 Å². The van der Waals surface area contributed by atoms with Gasteiger partial charge < -0.3 is 17.0 Å². The average molecular weight is 441 g/mol. The zero-order valence-corrected chi connectivity index (χ0v) is 20.1. The molecule has 0 fully saturated rings. The van der Waals surface area contributed by atoms with Crippen LogP contribution in [0.25, 0.3) is 0 Å². The van der Waals surface area contributed by atoms with Crippen LogP contribution in [0.2, 0.25) is 0 Å². The van der Waals surface area contributed by atoms with Crippen molar-refractivity contribution in [2.75, 3.05) is 0 Å². The van der Waals surface area contributed by atoms with Crippen LogP contribution < -0.4 is 21.5 Å². The van der Waals surface area contributed by atoms with Crippen LogP contribution in [0.15, 0.2) is 24.4 Å². The Balaban J connectivity index is 0.00000676. The van der Waals surface area contributed by atoms with Gasteiger partial charge in [-0.3, -0.25) is 0 Å². The van der Waals surface area contributed by atoms with Gasteiger partial charge in [-0.1, -0.05) is 103 Å². The lowest BCUT2D eigenvalue weighted by Gasteiger charge is -2.10. The fraction of sp³-hybridized carbons (Fsp3) is 0.800. The monoisotopic (exact) mass is 439 g/mol. The summed E-state index contributed by atoms with van der Waals surface area (Å²) in [6, 6.07) is 7.24. The number of pyridine rings is 1. The van der Waals surface area contributed by atoms with Crippen LogP contribution >= 0.6 is 0 Å². The molecule has 0 radical (unpaired) electrons. The van der Waals surface area contributed by atoms with E-state index >= 15 is 0 Å². The summed E-state index contributed by atoms with van der Waals surface area (Å²) in [6.45, 7) is 6.93. The molecule has 0 saturated carbocycles. The van der Waals surface area contributed by atoms with Crippen molar-refractivity contribution in [3.8, 4) is 0 Å². The third-order valence-corrected chi connectivity index (χ3v) is 5.79. The predicted molar refractivity (Wildman–Crippen MR) is 116 cm³/mol. The van der Waals surface area contributed by atoms with Crippen molar-refractivity contribution in [3.63, 3.8) is 0 Å². The Hall–Kier alpha value is -0.370. The van der Waals surface area contributed by atoms with Gasteiger partial charge in [0.2, 0.25) is 0 Å². The van der Waals surface area contributed by atoms with E-state index in [-0.39, 0.29) is 17.0 Å². The molecule has 0 aromatic carbocycles. The number of unbranched alkanes of at least 4 members (excludes halogenated alkanes) is 13. The van der Waals surface area contributed by atoms with Crippen molar-refractivity contribution in [1.82, 2.24) is 0 Å². The SMILES string of the molecule is CCCCCCCCCCCCCCCCC(C)[n+]1ccccc1CC.[Br-]. The second-order valence-electron chi connectivity index (χ2n) is 8.19. The van der Waals surface area contributed by atoms with Gasteiger partial charge in [-0.05, 0) is 13.3 Å². The highest BCUT2D eigenvalue weighted by Gasteiger charge is 2.15. The number of rotatable bonds is 17. The van der Waals surface area contributed by atoms with Crippen LogP contribution in [0, 0.1) is 0 Å². The molecule has 0 spiro atoms. The first-order valence-electron chi connectivity index (χ1n) is 11.8. The first-order valence-corrected chi connectivity index (χ1v) is 11.8. The van der Waals surface area contributed by atoms with Crippen LogP contribution in [0.4, 0.5) is 0 Å². The Bertz CT molecular complexity index is 432. The van der Waals surface area contributed by atoms with Crippen molar-refractivity contribution >= 4 is 0 Å². The summed E-state index contributed by atoms with van der Waals surface area (Å²) < 4.78 is 2.47. The number of halogens is 1. The lowest BCUT2D eigenvalue weighted by molar-refractivity contribution is -0.727. The van der Waals surface area contributed by atoms with Gasteiger partial charge in [0, 0.05) is 25.0 Å². The lowest BCUT2D eigenvalue weighted by Crippen LogP contribution is -3.00. The average Bonchev–Trinajstić information content (AvgIpc) is 2.68. The maximum atomic E-state index is 2.47. The lowest BCUT2D eigenvalue weighted by atomic mass is 10.0. The Morgan fingerprint density at radius 2 is 1.19 bits per heavy atom. The summed E-state index contributed by atoms with van der Waals surface area (Å²) in [5.74, 6) is 0. The van der Waals surface area contributed by atoms with Gasteiger partial charge in [0.05, 0.1) is 0 Å². The summed E-state index contributed by atoms with van der Waals surface area (Å²) in [6.07, 6.45) is 24.9. The normalized spacial score (nSPS) is 12.0. The molecule has 1 aromatic heterocycles. The number of hydrogen-bond acceptors (Lipinski definition) is 0. The van der Waals surface area contributed by atoms with E-state index in [0.717, 1.165) is 6.42 Å². The molecule has 0 N–H and O–H groups in total. The van der Waals surface area contributed by atoms with Gasteiger partial charge in [0.15, 0.2) is 17.9 Å². The highest BCUT2D eigenvalue weighted by Crippen LogP contribution is 2.15. The molecule has 0 aliphatic heterocycles. The number of nitrogens with zero attached hydrogens (tertiary/aromatic N) is 1. The third-order valence-electron chi connectivity index (χ3n) is 5.79. The highest BCUT2D eigenvalue weighted by atomic mass is 79.9. The van der Waals surface area contributed by atoms with Gasteiger partial charge in [-0.15, -0.1) is 0 Å². The van der Waals surface area contributed by atoms with E-state index < -0.39 is 0 Å². The molecule has 1 unspecified atom stereocenters. The Morgan fingerprint density at radius 3 is 1.67 bits per heavy atom. The first-order chi connectivity index (χ1) is 12.8. The smallest absolute Gasteiger partial charge is 0.181 e. The molecular weight excluding hydrogens is 394 g/mol. The van der Waals surface area contributed by atoms with Crippen LogP contribution in [0.3, 0.4) is 0 Å². The molecule has 1 rings (SSSR count).